The molecule has 49 heavy (non-hydrogen) atoms. The molecule has 2 rings (SSSR count). The number of aliphatic carboxylic acids is 2. The lowest BCUT2D eigenvalue weighted by Gasteiger charge is -2.23. The maximum Gasteiger partial charge on any atom is 0.490 e. The average molecular weight is 714 g/mol. The molecule has 1 aliphatic heterocycles. The Morgan fingerprint density at radius 1 is 1.02 bits per heavy atom. The summed E-state index contributed by atoms with van der Waals surface area (Å²) < 4.78 is 69.4. The van der Waals surface area contributed by atoms with Crippen molar-refractivity contribution in [2.45, 2.75) is 77.2 Å². The summed E-state index contributed by atoms with van der Waals surface area (Å²) in [4.78, 5) is 40.9. The zero-order valence-corrected chi connectivity index (χ0v) is 27.2. The van der Waals surface area contributed by atoms with Gasteiger partial charge in [0.15, 0.2) is 11.9 Å². The van der Waals surface area contributed by atoms with Crippen LogP contribution in [0.2, 0.25) is 0 Å². The number of halogens is 6. The zero-order valence-electron chi connectivity index (χ0n) is 27.2. The smallest absolute Gasteiger partial charge is 0.490 e. The molecule has 0 fully saturated rings. The number of nitrogens with zero attached hydrogens (tertiary/aromatic N) is 3. The van der Waals surface area contributed by atoms with E-state index in [0.29, 0.717) is 38.7 Å². The number of rotatable bonds is 11. The number of hydrogen-bond acceptors (Lipinski definition) is 7. The van der Waals surface area contributed by atoms with E-state index in [4.69, 9.17) is 36.0 Å². The number of nitrogens with two attached hydrogens (primary N) is 2. The van der Waals surface area contributed by atoms with Gasteiger partial charge in [-0.25, -0.2) is 24.4 Å². The Morgan fingerprint density at radius 3 is 2.18 bits per heavy atom. The molecule has 0 bridgehead atoms. The largest absolute Gasteiger partial charge is 0.493 e. The molecular weight excluding hydrogens is 668 g/mol. The van der Waals surface area contributed by atoms with Crippen molar-refractivity contribution >= 4 is 29.9 Å². The van der Waals surface area contributed by atoms with Gasteiger partial charge in [-0.05, 0) is 38.7 Å². The van der Waals surface area contributed by atoms with Crippen LogP contribution in [0.25, 0.3) is 0 Å². The van der Waals surface area contributed by atoms with Crippen LogP contribution in [0.3, 0.4) is 0 Å². The van der Waals surface area contributed by atoms with E-state index in [0.717, 1.165) is 62.8 Å². The van der Waals surface area contributed by atoms with Gasteiger partial charge in [-0.1, -0.05) is 56.0 Å². The molecule has 0 saturated heterocycles. The van der Waals surface area contributed by atoms with Crippen LogP contribution in [0.5, 0.6) is 5.75 Å². The van der Waals surface area contributed by atoms with E-state index < -0.39 is 24.3 Å². The summed E-state index contributed by atoms with van der Waals surface area (Å²) in [6.45, 7) is 5.80. The van der Waals surface area contributed by atoms with Crippen LogP contribution in [-0.2, 0) is 16.1 Å². The van der Waals surface area contributed by atoms with Crippen molar-refractivity contribution in [2.75, 3.05) is 32.8 Å². The molecule has 1 aromatic rings. The van der Waals surface area contributed by atoms with Crippen LogP contribution in [0.4, 0.5) is 31.1 Å². The number of hydrogen-bond donors (Lipinski definition) is 6. The van der Waals surface area contributed by atoms with Gasteiger partial charge in [0.2, 0.25) is 0 Å². The molecule has 278 valence electrons. The summed E-state index contributed by atoms with van der Waals surface area (Å²) in [5.41, 5.74) is 12.7. The second-order valence-corrected chi connectivity index (χ2v) is 10.2. The number of allylic oxidation sites excluding steroid dienone is 1. The summed E-state index contributed by atoms with van der Waals surface area (Å²) in [6, 6.07) is 7.62. The zero-order chi connectivity index (χ0) is 37.3. The van der Waals surface area contributed by atoms with Crippen molar-refractivity contribution in [1.29, 1.82) is 0 Å². The maximum atomic E-state index is 12.7. The highest BCUT2D eigenvalue weighted by atomic mass is 19.4. The first-order valence-corrected chi connectivity index (χ1v) is 15.3. The summed E-state index contributed by atoms with van der Waals surface area (Å²) in [7, 11) is 0. The van der Waals surface area contributed by atoms with Crippen molar-refractivity contribution in [3.8, 4) is 5.75 Å². The number of para-hydroxylation sites is 1. The number of urea groups is 1. The van der Waals surface area contributed by atoms with Gasteiger partial charge in [0, 0.05) is 25.2 Å². The molecule has 19 heteroatoms. The Bertz CT molecular complexity index is 1200. The number of ether oxygens (including phenoxy) is 1. The van der Waals surface area contributed by atoms with Gasteiger partial charge in [-0.3, -0.25) is 5.32 Å². The van der Waals surface area contributed by atoms with E-state index in [1.807, 2.05) is 48.2 Å². The van der Waals surface area contributed by atoms with Crippen molar-refractivity contribution < 1.29 is 55.7 Å². The second-order valence-electron chi connectivity index (χ2n) is 10.2. The molecule has 0 unspecified atom stereocenters. The number of carbonyl (C=O) groups excluding carboxylic acids is 1. The molecule has 0 saturated carbocycles. The summed E-state index contributed by atoms with van der Waals surface area (Å²) >= 11 is 0. The van der Waals surface area contributed by atoms with Gasteiger partial charge in [0.25, 0.3) is 0 Å². The standard InChI is InChI=1S/C26H43N7O2.2C2HF3O2/c1-2-3-16-29-24(27)30-17-10-6-4-5-7-11-18-33-19-12-13-20-35-23-15-9-8-14-22(23)21-31-25(28)32-26(33)34;2*3-2(4,5)1(6)7/h2-3,8-9,14-15H,4-7,10-13,16-21H2,1H3,(H3,27,29,30)(H3,28,31,32,34);2*(H,6,7)/b3-2+;;. The Hall–Kier alpha value is -4.71. The highest BCUT2D eigenvalue weighted by Crippen LogP contribution is 2.19. The van der Waals surface area contributed by atoms with Crippen LogP contribution in [0, 0.1) is 0 Å². The quantitative estimate of drug-likeness (QED) is 0.0613. The Kier molecular flexibility index (Phi) is 22.1. The number of fused-ring (bicyclic) bond motifs is 1. The van der Waals surface area contributed by atoms with Crippen molar-refractivity contribution in [2.24, 2.45) is 21.5 Å². The fourth-order valence-electron chi connectivity index (χ4n) is 3.74. The molecule has 0 radical (unpaired) electrons. The third-order valence-corrected chi connectivity index (χ3v) is 6.24. The fourth-order valence-corrected chi connectivity index (χ4v) is 3.74. The van der Waals surface area contributed by atoms with Gasteiger partial charge in [-0.15, -0.1) is 0 Å². The number of alkyl halides is 6. The minimum Gasteiger partial charge on any atom is -0.493 e. The second kappa shape index (κ2) is 24.4. The number of guanidine groups is 2. The first kappa shape index (κ1) is 44.3. The van der Waals surface area contributed by atoms with Crippen LogP contribution in [0.15, 0.2) is 46.4 Å². The normalized spacial score (nSPS) is 14.5. The van der Waals surface area contributed by atoms with E-state index in [1.54, 1.807) is 0 Å². The van der Waals surface area contributed by atoms with Crippen molar-refractivity contribution in [3.63, 3.8) is 0 Å². The van der Waals surface area contributed by atoms with E-state index in [9.17, 15) is 31.1 Å². The number of carboxylic acids is 2. The molecule has 1 aromatic carbocycles. The molecule has 8 N–H and O–H groups in total. The van der Waals surface area contributed by atoms with Crippen LogP contribution < -0.4 is 26.8 Å². The van der Waals surface area contributed by atoms with Gasteiger partial charge < -0.3 is 36.6 Å². The SMILES string of the molecule is C/C=C/CN=C(N)NCCCCCCCCN1CCCCOc2ccccc2CN=C(N)NC1=O.O=C(O)C(F)(F)F.O=C(O)C(F)(F)F. The fraction of sp³-hybridized carbons (Fsp3) is 0.567. The van der Waals surface area contributed by atoms with Crippen molar-refractivity contribution in [3.05, 3.63) is 42.0 Å². The number of carboxylic acid groups (broad SMARTS) is 2. The molecule has 0 atom stereocenters. The number of benzene rings is 1. The molecule has 1 aliphatic rings. The number of carbonyl (C=O) groups is 3. The summed E-state index contributed by atoms with van der Waals surface area (Å²) in [6.07, 6.45) is 2.11. The van der Waals surface area contributed by atoms with Crippen LogP contribution in [0.1, 0.15) is 63.9 Å². The lowest BCUT2D eigenvalue weighted by molar-refractivity contribution is -0.193. The van der Waals surface area contributed by atoms with E-state index in [-0.39, 0.29) is 12.0 Å². The number of aliphatic imine (C=N–C) groups is 2. The predicted molar refractivity (Wildman–Crippen MR) is 171 cm³/mol. The lowest BCUT2D eigenvalue weighted by Crippen LogP contribution is -2.46. The Morgan fingerprint density at radius 2 is 1.59 bits per heavy atom. The van der Waals surface area contributed by atoms with Gasteiger partial charge in [-0.2, -0.15) is 26.3 Å². The highest BCUT2D eigenvalue weighted by Gasteiger charge is 2.38. The highest BCUT2D eigenvalue weighted by molar-refractivity contribution is 5.95. The van der Waals surface area contributed by atoms with E-state index in [2.05, 4.69) is 20.6 Å². The third kappa shape index (κ3) is 23.3. The van der Waals surface area contributed by atoms with Gasteiger partial charge in [0.1, 0.15) is 5.75 Å². The summed E-state index contributed by atoms with van der Waals surface area (Å²) in [5.74, 6) is -4.05. The monoisotopic (exact) mass is 713 g/mol. The minimum absolute atomic E-state index is 0.134. The van der Waals surface area contributed by atoms with E-state index in [1.165, 1.54) is 6.42 Å². The molecule has 2 amide bonds. The molecule has 1 heterocycles. The van der Waals surface area contributed by atoms with Gasteiger partial charge >= 0.3 is 30.3 Å². The van der Waals surface area contributed by atoms with Crippen LogP contribution in [-0.4, -0.2) is 90.1 Å². The maximum absolute atomic E-state index is 12.7. The third-order valence-electron chi connectivity index (χ3n) is 6.24. The lowest BCUT2D eigenvalue weighted by atomic mass is 10.1. The first-order chi connectivity index (χ1) is 23.0. The number of amides is 2. The topological polar surface area (TPSA) is 205 Å². The van der Waals surface area contributed by atoms with Gasteiger partial charge in [0.05, 0.1) is 19.7 Å². The Labute approximate surface area is 280 Å². The first-order valence-electron chi connectivity index (χ1n) is 15.3. The van der Waals surface area contributed by atoms with Crippen LogP contribution >= 0.6 is 0 Å². The van der Waals surface area contributed by atoms with Crippen molar-refractivity contribution in [1.82, 2.24) is 15.5 Å². The molecule has 13 nitrogen and oxygen atoms in total. The number of unbranched alkanes of at least 4 members (excludes halogenated alkanes) is 5. The molecule has 0 spiro atoms. The molecular formula is C30H45F6N7O6. The molecule has 0 aromatic heterocycles. The summed E-state index contributed by atoms with van der Waals surface area (Å²) in [5, 5.41) is 20.1. The minimum atomic E-state index is -5.08. The van der Waals surface area contributed by atoms with E-state index >= 15 is 0 Å². The average Bonchev–Trinajstić information content (AvgIpc) is 3.02. The Balaban J connectivity index is 0.00000137. The molecule has 0 aliphatic carbocycles. The number of nitrogens with one attached hydrogen (secondary N) is 2. The predicted octanol–water partition coefficient (Wildman–Crippen LogP) is 4.77.